The second-order valence-electron chi connectivity index (χ2n) is 15.3. The number of esters is 2. The lowest BCUT2D eigenvalue weighted by Gasteiger charge is -2.28. The van der Waals surface area contributed by atoms with E-state index in [1.807, 2.05) is 21.1 Å². The Kier molecular flexibility index (Phi) is 34.7. The molecule has 0 spiro atoms. The van der Waals surface area contributed by atoms with Gasteiger partial charge in [-0.15, -0.1) is 0 Å². The van der Waals surface area contributed by atoms with Gasteiger partial charge in [0.2, 0.25) is 0 Å². The molecule has 0 rings (SSSR count). The Morgan fingerprint density at radius 1 is 0.585 bits per heavy atom. The lowest BCUT2D eigenvalue weighted by molar-refractivity contribution is -0.870. The monoisotopic (exact) mass is 770 g/mol. The Balaban J connectivity index is 4.42. The number of phosphoric acid groups is 1. The standard InChI is InChI=1S/C43H80NO8P/c1-6-8-10-12-14-16-18-20-22-24-26-28-30-32-34-36-43(46)52-41(40-51-53(47,48)50-38-37-44(3,4)5)39-49-42(45)35-33-31-29-27-25-23-21-19-17-15-13-11-9-7-2/h13,15,19-22,41H,6-12,14,16-18,23-40H2,1-5H3/b15-13+,21-19+,22-20+/t41-/m1/s1. The molecule has 0 saturated heterocycles. The van der Waals surface area contributed by atoms with Gasteiger partial charge >= 0.3 is 11.9 Å². The van der Waals surface area contributed by atoms with Crippen LogP contribution in [0.4, 0.5) is 0 Å². The molecular weight excluding hydrogens is 689 g/mol. The summed E-state index contributed by atoms with van der Waals surface area (Å²) >= 11 is 0. The lowest BCUT2D eigenvalue weighted by atomic mass is 10.1. The molecule has 0 aromatic heterocycles. The van der Waals surface area contributed by atoms with E-state index < -0.39 is 32.5 Å². The summed E-state index contributed by atoms with van der Waals surface area (Å²) < 4.78 is 33.8. The van der Waals surface area contributed by atoms with Gasteiger partial charge in [-0.25, -0.2) is 0 Å². The quantitative estimate of drug-likeness (QED) is 0.0201. The third-order valence-electron chi connectivity index (χ3n) is 8.88. The van der Waals surface area contributed by atoms with Crippen LogP contribution in [-0.4, -0.2) is 70.0 Å². The number of likely N-dealkylation sites (N-methyl/N-ethyl adjacent to an activating group) is 1. The highest BCUT2D eigenvalue weighted by Gasteiger charge is 2.21. The molecule has 310 valence electrons. The van der Waals surface area contributed by atoms with Crippen molar-refractivity contribution in [2.75, 3.05) is 47.5 Å². The second-order valence-corrected chi connectivity index (χ2v) is 16.8. The maximum atomic E-state index is 12.6. The Bertz CT molecular complexity index is 1010. The number of carbonyl (C=O) groups excluding carboxylic acids is 2. The zero-order valence-corrected chi connectivity index (χ0v) is 35.6. The number of rotatable bonds is 38. The first-order valence-electron chi connectivity index (χ1n) is 21.2. The van der Waals surface area contributed by atoms with E-state index >= 15 is 0 Å². The van der Waals surface area contributed by atoms with Crippen LogP contribution in [0.1, 0.15) is 174 Å². The topological polar surface area (TPSA) is 111 Å². The zero-order chi connectivity index (χ0) is 39.3. The fraction of sp³-hybridized carbons (Fsp3) is 0.814. The minimum Gasteiger partial charge on any atom is -0.756 e. The number of unbranched alkanes of at least 4 members (excludes halogenated alkanes) is 18. The van der Waals surface area contributed by atoms with Gasteiger partial charge < -0.3 is 27.9 Å². The summed E-state index contributed by atoms with van der Waals surface area (Å²) in [6, 6.07) is 0. The fourth-order valence-corrected chi connectivity index (χ4v) is 6.22. The number of carbonyl (C=O) groups is 2. The van der Waals surface area contributed by atoms with Gasteiger partial charge in [-0.3, -0.25) is 14.2 Å². The average molecular weight is 770 g/mol. The Hall–Kier alpha value is -1.77. The normalized spacial score (nSPS) is 14.0. The maximum Gasteiger partial charge on any atom is 0.306 e. The summed E-state index contributed by atoms with van der Waals surface area (Å²) in [5.41, 5.74) is 0. The number of nitrogens with zero attached hydrogens (tertiary/aromatic N) is 1. The number of quaternary nitrogens is 1. The van der Waals surface area contributed by atoms with Crippen molar-refractivity contribution in [2.24, 2.45) is 0 Å². The van der Waals surface area contributed by atoms with Crippen LogP contribution in [0.3, 0.4) is 0 Å². The lowest BCUT2D eigenvalue weighted by Crippen LogP contribution is -2.37. The number of hydrogen-bond acceptors (Lipinski definition) is 8. The summed E-state index contributed by atoms with van der Waals surface area (Å²) in [6.07, 6.45) is 38.8. The first-order valence-corrected chi connectivity index (χ1v) is 22.7. The van der Waals surface area contributed by atoms with Gasteiger partial charge in [-0.2, -0.15) is 0 Å². The van der Waals surface area contributed by atoms with E-state index in [-0.39, 0.29) is 26.1 Å². The molecule has 0 bridgehead atoms. The Morgan fingerprint density at radius 2 is 1.04 bits per heavy atom. The highest BCUT2D eigenvalue weighted by Crippen LogP contribution is 2.38. The highest BCUT2D eigenvalue weighted by atomic mass is 31.2. The SMILES string of the molecule is CCCC/C=C/C/C=C/CCCCCCCC(=O)OC[C@H](COP(=O)([O-])OCC[N+](C)(C)C)OC(=O)CCCCCCC/C=C/CCCCCCCC. The van der Waals surface area contributed by atoms with Gasteiger partial charge in [0.05, 0.1) is 27.7 Å². The van der Waals surface area contributed by atoms with Crippen molar-refractivity contribution < 1.29 is 42.1 Å². The van der Waals surface area contributed by atoms with Gasteiger partial charge in [-0.05, 0) is 64.2 Å². The Labute approximate surface area is 325 Å². The molecule has 0 aromatic rings. The molecule has 0 aromatic carbocycles. The van der Waals surface area contributed by atoms with Crippen LogP contribution in [0, 0.1) is 0 Å². The molecule has 0 fully saturated rings. The van der Waals surface area contributed by atoms with E-state index in [9.17, 15) is 19.0 Å². The molecular formula is C43H80NO8P. The van der Waals surface area contributed by atoms with E-state index in [4.69, 9.17) is 18.5 Å². The van der Waals surface area contributed by atoms with Crippen LogP contribution in [0.15, 0.2) is 36.5 Å². The molecule has 9 nitrogen and oxygen atoms in total. The van der Waals surface area contributed by atoms with Crippen LogP contribution in [0.2, 0.25) is 0 Å². The molecule has 0 aliphatic heterocycles. The van der Waals surface area contributed by atoms with Gasteiger partial charge in [0, 0.05) is 12.8 Å². The van der Waals surface area contributed by atoms with E-state index in [0.29, 0.717) is 23.9 Å². The van der Waals surface area contributed by atoms with Crippen molar-refractivity contribution in [2.45, 2.75) is 180 Å². The van der Waals surface area contributed by atoms with E-state index in [0.717, 1.165) is 77.0 Å². The number of hydrogen-bond donors (Lipinski definition) is 0. The number of phosphoric ester groups is 1. The molecule has 0 saturated carbocycles. The smallest absolute Gasteiger partial charge is 0.306 e. The number of allylic oxidation sites excluding steroid dienone is 6. The van der Waals surface area contributed by atoms with Crippen LogP contribution >= 0.6 is 7.82 Å². The minimum atomic E-state index is -4.63. The zero-order valence-electron chi connectivity index (χ0n) is 34.7. The van der Waals surface area contributed by atoms with Crippen molar-refractivity contribution in [1.82, 2.24) is 0 Å². The van der Waals surface area contributed by atoms with Crippen molar-refractivity contribution in [3.63, 3.8) is 0 Å². The predicted molar refractivity (Wildman–Crippen MR) is 217 cm³/mol. The fourth-order valence-electron chi connectivity index (χ4n) is 5.49. The third-order valence-corrected chi connectivity index (χ3v) is 9.85. The van der Waals surface area contributed by atoms with Gasteiger partial charge in [0.25, 0.3) is 7.82 Å². The van der Waals surface area contributed by atoms with Crippen LogP contribution in [0.5, 0.6) is 0 Å². The summed E-state index contributed by atoms with van der Waals surface area (Å²) in [5, 5.41) is 0. The second kappa shape index (κ2) is 35.9. The largest absolute Gasteiger partial charge is 0.756 e. The molecule has 53 heavy (non-hydrogen) atoms. The van der Waals surface area contributed by atoms with Crippen LogP contribution < -0.4 is 4.89 Å². The highest BCUT2D eigenvalue weighted by molar-refractivity contribution is 7.45. The Morgan fingerprint density at radius 3 is 1.57 bits per heavy atom. The first-order chi connectivity index (χ1) is 25.5. The molecule has 0 aliphatic rings. The number of ether oxygens (including phenoxy) is 2. The first kappa shape index (κ1) is 51.2. The molecule has 0 aliphatic carbocycles. The molecule has 0 amide bonds. The van der Waals surface area contributed by atoms with Crippen LogP contribution in [-0.2, 0) is 32.7 Å². The van der Waals surface area contributed by atoms with Crippen molar-refractivity contribution in [3.8, 4) is 0 Å². The van der Waals surface area contributed by atoms with Crippen molar-refractivity contribution in [3.05, 3.63) is 36.5 Å². The van der Waals surface area contributed by atoms with E-state index in [2.05, 4.69) is 50.3 Å². The molecule has 0 N–H and O–H groups in total. The van der Waals surface area contributed by atoms with Crippen molar-refractivity contribution in [1.29, 1.82) is 0 Å². The van der Waals surface area contributed by atoms with E-state index in [1.54, 1.807) is 0 Å². The summed E-state index contributed by atoms with van der Waals surface area (Å²) in [7, 11) is 1.15. The third kappa shape index (κ3) is 39.7. The molecule has 0 heterocycles. The van der Waals surface area contributed by atoms with Gasteiger partial charge in [-0.1, -0.05) is 134 Å². The molecule has 0 radical (unpaired) electrons. The maximum absolute atomic E-state index is 12.6. The molecule has 1 unspecified atom stereocenters. The molecule has 10 heteroatoms. The van der Waals surface area contributed by atoms with E-state index in [1.165, 1.54) is 57.8 Å². The van der Waals surface area contributed by atoms with Gasteiger partial charge in [0.15, 0.2) is 6.10 Å². The summed E-state index contributed by atoms with van der Waals surface area (Å²) in [4.78, 5) is 37.4. The minimum absolute atomic E-state index is 0.0350. The van der Waals surface area contributed by atoms with Crippen LogP contribution in [0.25, 0.3) is 0 Å². The molecule has 2 atom stereocenters. The summed E-state index contributed by atoms with van der Waals surface area (Å²) in [6.45, 7) is 4.15. The average Bonchev–Trinajstić information content (AvgIpc) is 3.10. The summed E-state index contributed by atoms with van der Waals surface area (Å²) in [5.74, 6) is -0.861. The van der Waals surface area contributed by atoms with Crippen molar-refractivity contribution >= 4 is 19.8 Å². The predicted octanol–water partition coefficient (Wildman–Crippen LogP) is 11.1. The van der Waals surface area contributed by atoms with Gasteiger partial charge in [0.1, 0.15) is 19.8 Å².